The molecule has 0 atom stereocenters. The van der Waals surface area contributed by atoms with Crippen LogP contribution in [0.4, 0.5) is 17.1 Å². The Kier molecular flexibility index (Phi) is 7.75. The van der Waals surface area contributed by atoms with Gasteiger partial charge in [0.1, 0.15) is 0 Å². The standard InChI is InChI=1S/C55H38N2/c1-4-17-41(18-5-1)55(50-27-13-10-23-46(50)47-24-11-14-28-51(47)55)42-35-31-39(32-36-42)40-33-37-45(38-34-40)56(43-19-6-2-7-20-43)53-30-16-26-49-48-25-12-15-29-52(48)57(54(49)53)44-21-8-3-9-22-44/h1-38H. The van der Waals surface area contributed by atoms with E-state index in [0.717, 1.165) is 22.7 Å². The zero-order valence-electron chi connectivity index (χ0n) is 31.3. The van der Waals surface area contributed by atoms with E-state index in [1.165, 1.54) is 66.3 Å². The predicted molar refractivity (Wildman–Crippen MR) is 238 cm³/mol. The summed E-state index contributed by atoms with van der Waals surface area (Å²) in [4.78, 5) is 2.39. The van der Waals surface area contributed by atoms with Crippen molar-refractivity contribution < 1.29 is 0 Å². The van der Waals surface area contributed by atoms with E-state index in [9.17, 15) is 0 Å². The number of para-hydroxylation sites is 4. The van der Waals surface area contributed by atoms with E-state index in [4.69, 9.17) is 0 Å². The van der Waals surface area contributed by atoms with Gasteiger partial charge in [0.15, 0.2) is 0 Å². The van der Waals surface area contributed by atoms with Gasteiger partial charge in [-0.3, -0.25) is 0 Å². The second-order valence-corrected chi connectivity index (χ2v) is 14.9. The van der Waals surface area contributed by atoms with Gasteiger partial charge in [-0.2, -0.15) is 0 Å². The Balaban J connectivity index is 1.03. The van der Waals surface area contributed by atoms with Gasteiger partial charge in [-0.15, -0.1) is 0 Å². The van der Waals surface area contributed by atoms with Gasteiger partial charge in [-0.05, 0) is 93.0 Å². The normalized spacial score (nSPS) is 12.7. The molecule has 2 nitrogen and oxygen atoms in total. The minimum absolute atomic E-state index is 0.406. The fourth-order valence-corrected chi connectivity index (χ4v) is 9.46. The Hall–Kier alpha value is -7.42. The van der Waals surface area contributed by atoms with E-state index in [0.29, 0.717) is 0 Å². The number of hydrogen-bond donors (Lipinski definition) is 0. The van der Waals surface area contributed by atoms with Crippen molar-refractivity contribution in [2.45, 2.75) is 5.41 Å². The minimum atomic E-state index is -0.406. The number of hydrogen-bond acceptors (Lipinski definition) is 1. The summed E-state index contributed by atoms with van der Waals surface area (Å²) in [5, 5.41) is 2.47. The molecule has 0 radical (unpaired) electrons. The molecule has 0 unspecified atom stereocenters. The van der Waals surface area contributed by atoms with Crippen molar-refractivity contribution in [3.8, 4) is 27.9 Å². The van der Waals surface area contributed by atoms with Crippen LogP contribution in [0.3, 0.4) is 0 Å². The lowest BCUT2D eigenvalue weighted by atomic mass is 9.67. The molecule has 11 rings (SSSR count). The Morgan fingerprint density at radius 2 is 0.842 bits per heavy atom. The molecule has 1 aromatic heterocycles. The maximum Gasteiger partial charge on any atom is 0.0782 e. The van der Waals surface area contributed by atoms with E-state index in [2.05, 4.69) is 240 Å². The summed E-state index contributed by atoms with van der Waals surface area (Å²) >= 11 is 0. The Labute approximate surface area is 333 Å². The fourth-order valence-electron chi connectivity index (χ4n) is 9.46. The van der Waals surface area contributed by atoms with E-state index in [1.54, 1.807) is 0 Å². The first-order chi connectivity index (χ1) is 28.3. The van der Waals surface area contributed by atoms with Crippen molar-refractivity contribution in [1.82, 2.24) is 4.57 Å². The lowest BCUT2D eigenvalue weighted by molar-refractivity contribution is 0.768. The molecule has 10 aromatic rings. The van der Waals surface area contributed by atoms with Gasteiger partial charge in [0.2, 0.25) is 0 Å². The quantitative estimate of drug-likeness (QED) is 0.159. The summed E-state index contributed by atoms with van der Waals surface area (Å²) in [6.07, 6.45) is 0. The van der Waals surface area contributed by atoms with Crippen LogP contribution >= 0.6 is 0 Å². The zero-order valence-corrected chi connectivity index (χ0v) is 31.3. The second-order valence-electron chi connectivity index (χ2n) is 14.9. The SMILES string of the molecule is c1ccc(N(c2ccc(-c3ccc(C4(c5ccccc5)c5ccccc5-c5ccccc54)cc3)cc2)c2cccc3c4ccccc4n(-c4ccccc4)c23)cc1. The van der Waals surface area contributed by atoms with E-state index >= 15 is 0 Å². The molecule has 0 amide bonds. The largest absolute Gasteiger partial charge is 0.308 e. The van der Waals surface area contributed by atoms with Crippen LogP contribution in [-0.4, -0.2) is 4.57 Å². The summed E-state index contributed by atoms with van der Waals surface area (Å²) in [5.41, 5.74) is 16.6. The van der Waals surface area contributed by atoms with Gasteiger partial charge in [-0.1, -0.05) is 182 Å². The van der Waals surface area contributed by atoms with E-state index < -0.39 is 5.41 Å². The van der Waals surface area contributed by atoms with Crippen LogP contribution < -0.4 is 4.90 Å². The molecule has 0 bridgehead atoms. The molecular weight excluding hydrogens is 689 g/mol. The van der Waals surface area contributed by atoms with Crippen LogP contribution in [0.15, 0.2) is 231 Å². The highest BCUT2D eigenvalue weighted by Crippen LogP contribution is 2.56. The van der Waals surface area contributed by atoms with Crippen molar-refractivity contribution in [3.63, 3.8) is 0 Å². The number of rotatable bonds is 7. The molecule has 1 aliphatic rings. The fraction of sp³-hybridized carbons (Fsp3) is 0.0182. The molecule has 1 heterocycles. The summed E-state index contributed by atoms with van der Waals surface area (Å²) in [6.45, 7) is 0. The number of anilines is 3. The number of nitrogens with zero attached hydrogens (tertiary/aromatic N) is 2. The number of benzene rings is 9. The Morgan fingerprint density at radius 3 is 1.51 bits per heavy atom. The molecule has 268 valence electrons. The van der Waals surface area contributed by atoms with Crippen molar-refractivity contribution in [1.29, 1.82) is 0 Å². The van der Waals surface area contributed by atoms with Crippen LogP contribution in [-0.2, 0) is 5.41 Å². The van der Waals surface area contributed by atoms with Crippen LogP contribution in [0, 0.1) is 0 Å². The third kappa shape index (κ3) is 5.11. The number of aromatic nitrogens is 1. The third-order valence-corrected chi connectivity index (χ3v) is 11.9. The van der Waals surface area contributed by atoms with Crippen LogP contribution in [0.1, 0.15) is 22.3 Å². The Morgan fingerprint density at radius 1 is 0.351 bits per heavy atom. The molecular formula is C55H38N2. The highest BCUT2D eigenvalue weighted by molar-refractivity contribution is 6.14. The molecule has 0 aliphatic heterocycles. The highest BCUT2D eigenvalue weighted by atomic mass is 15.2. The van der Waals surface area contributed by atoms with Gasteiger partial charge < -0.3 is 9.47 Å². The molecule has 0 saturated carbocycles. The first-order valence-corrected chi connectivity index (χ1v) is 19.7. The molecule has 2 heteroatoms. The zero-order chi connectivity index (χ0) is 37.8. The van der Waals surface area contributed by atoms with Gasteiger partial charge >= 0.3 is 0 Å². The summed E-state index contributed by atoms with van der Waals surface area (Å²) in [5.74, 6) is 0. The second kappa shape index (κ2) is 13.4. The van der Waals surface area contributed by atoms with Gasteiger partial charge in [0.25, 0.3) is 0 Å². The molecule has 57 heavy (non-hydrogen) atoms. The van der Waals surface area contributed by atoms with Crippen molar-refractivity contribution in [2.75, 3.05) is 4.90 Å². The average molecular weight is 727 g/mol. The van der Waals surface area contributed by atoms with Crippen LogP contribution in [0.5, 0.6) is 0 Å². The molecule has 0 N–H and O–H groups in total. The Bertz CT molecular complexity index is 2990. The summed E-state index contributed by atoms with van der Waals surface area (Å²) in [7, 11) is 0. The van der Waals surface area contributed by atoms with Gasteiger partial charge in [-0.25, -0.2) is 0 Å². The molecule has 0 saturated heterocycles. The lowest BCUT2D eigenvalue weighted by Crippen LogP contribution is -2.28. The van der Waals surface area contributed by atoms with Crippen LogP contribution in [0.2, 0.25) is 0 Å². The number of fused-ring (bicyclic) bond motifs is 6. The third-order valence-electron chi connectivity index (χ3n) is 11.9. The molecule has 9 aromatic carbocycles. The lowest BCUT2D eigenvalue weighted by Gasteiger charge is -2.34. The topological polar surface area (TPSA) is 8.17 Å². The minimum Gasteiger partial charge on any atom is -0.308 e. The highest BCUT2D eigenvalue weighted by Gasteiger charge is 2.45. The maximum atomic E-state index is 2.41. The first kappa shape index (κ1) is 33.0. The average Bonchev–Trinajstić information content (AvgIpc) is 3.79. The smallest absolute Gasteiger partial charge is 0.0782 e. The summed E-state index contributed by atoms with van der Waals surface area (Å²) in [6, 6.07) is 84.0. The van der Waals surface area contributed by atoms with Crippen LogP contribution in [0.25, 0.3) is 49.7 Å². The van der Waals surface area contributed by atoms with Gasteiger partial charge in [0.05, 0.1) is 22.1 Å². The monoisotopic (exact) mass is 726 g/mol. The summed E-state index contributed by atoms with van der Waals surface area (Å²) < 4.78 is 2.41. The predicted octanol–water partition coefficient (Wildman–Crippen LogP) is 14.3. The van der Waals surface area contributed by atoms with Crippen molar-refractivity contribution >= 4 is 38.9 Å². The first-order valence-electron chi connectivity index (χ1n) is 19.7. The molecule has 0 spiro atoms. The van der Waals surface area contributed by atoms with Crippen molar-refractivity contribution in [3.05, 3.63) is 253 Å². The molecule has 1 aliphatic carbocycles. The van der Waals surface area contributed by atoms with E-state index in [-0.39, 0.29) is 0 Å². The maximum absolute atomic E-state index is 2.41. The van der Waals surface area contributed by atoms with E-state index in [1.807, 2.05) is 0 Å². The van der Waals surface area contributed by atoms with Gasteiger partial charge in [0, 0.05) is 27.8 Å². The molecule has 0 fully saturated rings. The van der Waals surface area contributed by atoms with Crippen molar-refractivity contribution in [2.24, 2.45) is 0 Å².